The topological polar surface area (TPSA) is 55.1 Å². The maximum Gasteiger partial charge on any atom is 0.241 e. The van der Waals surface area contributed by atoms with Crippen LogP contribution in [0.4, 0.5) is 5.69 Å². The smallest absolute Gasteiger partial charge is 0.241 e. The van der Waals surface area contributed by atoms with Crippen molar-refractivity contribution in [2.24, 2.45) is 11.7 Å². The molecular formula is C18H22N2O. The zero-order chi connectivity index (χ0) is 15.2. The second-order valence-electron chi connectivity index (χ2n) is 5.67. The van der Waals surface area contributed by atoms with E-state index in [-0.39, 0.29) is 5.91 Å². The Hall–Kier alpha value is -2.13. The molecule has 1 atom stereocenters. The molecule has 1 amide bonds. The third kappa shape index (κ3) is 4.43. The summed E-state index contributed by atoms with van der Waals surface area (Å²) in [6.45, 7) is 4.11. The van der Waals surface area contributed by atoms with Gasteiger partial charge in [0, 0.05) is 5.69 Å². The van der Waals surface area contributed by atoms with Gasteiger partial charge in [-0.05, 0) is 35.6 Å². The van der Waals surface area contributed by atoms with Gasteiger partial charge < -0.3 is 11.1 Å². The van der Waals surface area contributed by atoms with Gasteiger partial charge in [0.2, 0.25) is 5.91 Å². The molecule has 21 heavy (non-hydrogen) atoms. The van der Waals surface area contributed by atoms with Crippen LogP contribution in [-0.2, 0) is 4.79 Å². The van der Waals surface area contributed by atoms with Gasteiger partial charge in [0.25, 0.3) is 0 Å². The van der Waals surface area contributed by atoms with E-state index in [1.54, 1.807) is 0 Å². The predicted molar refractivity (Wildman–Crippen MR) is 87.9 cm³/mol. The van der Waals surface area contributed by atoms with E-state index in [9.17, 15) is 4.79 Å². The summed E-state index contributed by atoms with van der Waals surface area (Å²) in [6.07, 6.45) is 0.688. The van der Waals surface area contributed by atoms with Crippen molar-refractivity contribution in [1.29, 1.82) is 0 Å². The molecule has 2 aromatic carbocycles. The first-order valence-corrected chi connectivity index (χ1v) is 7.28. The number of nitrogens with one attached hydrogen (secondary N) is 1. The molecule has 3 nitrogen and oxygen atoms in total. The third-order valence-corrected chi connectivity index (χ3v) is 3.32. The van der Waals surface area contributed by atoms with Crippen LogP contribution in [0.25, 0.3) is 11.1 Å². The SMILES string of the molecule is CC(C)CC(N)C(=O)Nc1ccc(-c2ccccc2)cc1. The molecule has 0 aliphatic rings. The minimum atomic E-state index is -0.459. The fourth-order valence-corrected chi connectivity index (χ4v) is 2.23. The first-order chi connectivity index (χ1) is 10.1. The Morgan fingerprint density at radius 3 is 2.14 bits per heavy atom. The Bertz CT molecular complexity index is 576. The third-order valence-electron chi connectivity index (χ3n) is 3.32. The molecule has 0 saturated heterocycles. The Balaban J connectivity index is 2.01. The molecule has 0 aliphatic heterocycles. The number of hydrogen-bond acceptors (Lipinski definition) is 2. The second kappa shape index (κ2) is 7.04. The van der Waals surface area contributed by atoms with Crippen molar-refractivity contribution in [1.82, 2.24) is 0 Å². The zero-order valence-corrected chi connectivity index (χ0v) is 12.5. The summed E-state index contributed by atoms with van der Waals surface area (Å²) in [5.41, 5.74) is 8.94. The quantitative estimate of drug-likeness (QED) is 0.879. The highest BCUT2D eigenvalue weighted by Gasteiger charge is 2.14. The van der Waals surface area contributed by atoms with Crippen molar-refractivity contribution < 1.29 is 4.79 Å². The second-order valence-corrected chi connectivity index (χ2v) is 5.67. The van der Waals surface area contributed by atoms with Crippen LogP contribution >= 0.6 is 0 Å². The lowest BCUT2D eigenvalue weighted by molar-refractivity contribution is -0.117. The van der Waals surface area contributed by atoms with Crippen LogP contribution in [0, 0.1) is 5.92 Å². The number of amides is 1. The van der Waals surface area contributed by atoms with Crippen LogP contribution in [0.3, 0.4) is 0 Å². The Labute approximate surface area is 126 Å². The van der Waals surface area contributed by atoms with Crippen LogP contribution in [0.5, 0.6) is 0 Å². The maximum atomic E-state index is 12.0. The number of benzene rings is 2. The molecule has 0 radical (unpaired) electrons. The van der Waals surface area contributed by atoms with Crippen molar-refractivity contribution in [3.05, 3.63) is 54.6 Å². The molecular weight excluding hydrogens is 260 g/mol. The number of rotatable bonds is 5. The van der Waals surface area contributed by atoms with E-state index in [1.165, 1.54) is 0 Å². The summed E-state index contributed by atoms with van der Waals surface area (Å²) < 4.78 is 0. The lowest BCUT2D eigenvalue weighted by Gasteiger charge is -2.14. The molecule has 110 valence electrons. The molecule has 0 bridgehead atoms. The van der Waals surface area contributed by atoms with Gasteiger partial charge in [-0.15, -0.1) is 0 Å². The minimum Gasteiger partial charge on any atom is -0.325 e. The van der Waals surface area contributed by atoms with E-state index >= 15 is 0 Å². The van der Waals surface area contributed by atoms with E-state index in [2.05, 4.69) is 31.3 Å². The van der Waals surface area contributed by atoms with Gasteiger partial charge in [-0.3, -0.25) is 4.79 Å². The van der Waals surface area contributed by atoms with Gasteiger partial charge in [0.05, 0.1) is 6.04 Å². The van der Waals surface area contributed by atoms with Gasteiger partial charge in [-0.1, -0.05) is 56.3 Å². The van der Waals surface area contributed by atoms with E-state index in [0.29, 0.717) is 12.3 Å². The van der Waals surface area contributed by atoms with Crippen LogP contribution in [0.1, 0.15) is 20.3 Å². The predicted octanol–water partition coefficient (Wildman–Crippen LogP) is 3.67. The number of nitrogens with two attached hydrogens (primary N) is 1. The molecule has 2 rings (SSSR count). The average molecular weight is 282 g/mol. The van der Waals surface area contributed by atoms with Crippen molar-refractivity contribution in [3.63, 3.8) is 0 Å². The lowest BCUT2D eigenvalue weighted by atomic mass is 10.0. The van der Waals surface area contributed by atoms with Crippen LogP contribution < -0.4 is 11.1 Å². The van der Waals surface area contributed by atoms with E-state index in [1.807, 2.05) is 42.5 Å². The van der Waals surface area contributed by atoms with Gasteiger partial charge in [0.15, 0.2) is 0 Å². The van der Waals surface area contributed by atoms with Gasteiger partial charge in [-0.2, -0.15) is 0 Å². The summed E-state index contributed by atoms with van der Waals surface area (Å²) in [7, 11) is 0. The highest BCUT2D eigenvalue weighted by molar-refractivity contribution is 5.94. The Morgan fingerprint density at radius 2 is 1.57 bits per heavy atom. The summed E-state index contributed by atoms with van der Waals surface area (Å²) in [5.74, 6) is 0.280. The number of carbonyl (C=O) groups excluding carboxylic acids is 1. The average Bonchev–Trinajstić information content (AvgIpc) is 2.48. The Morgan fingerprint density at radius 1 is 1.00 bits per heavy atom. The maximum absolute atomic E-state index is 12.0. The van der Waals surface area contributed by atoms with Crippen molar-refractivity contribution in [2.75, 3.05) is 5.32 Å². The summed E-state index contributed by atoms with van der Waals surface area (Å²) in [4.78, 5) is 12.0. The molecule has 0 saturated carbocycles. The standard InChI is InChI=1S/C18H22N2O/c1-13(2)12-17(19)18(21)20-16-10-8-15(9-11-16)14-6-4-3-5-7-14/h3-11,13,17H,12,19H2,1-2H3,(H,20,21). The van der Waals surface area contributed by atoms with Gasteiger partial charge >= 0.3 is 0 Å². The highest BCUT2D eigenvalue weighted by atomic mass is 16.2. The minimum absolute atomic E-state index is 0.129. The van der Waals surface area contributed by atoms with Crippen molar-refractivity contribution in [3.8, 4) is 11.1 Å². The van der Waals surface area contributed by atoms with Crippen LogP contribution in [0.15, 0.2) is 54.6 Å². The summed E-state index contributed by atoms with van der Waals surface area (Å²) in [6, 6.07) is 17.5. The lowest BCUT2D eigenvalue weighted by Crippen LogP contribution is -2.36. The molecule has 3 heteroatoms. The molecule has 0 spiro atoms. The van der Waals surface area contributed by atoms with Crippen LogP contribution in [0.2, 0.25) is 0 Å². The molecule has 0 fully saturated rings. The van der Waals surface area contributed by atoms with Gasteiger partial charge in [-0.25, -0.2) is 0 Å². The normalized spacial score (nSPS) is 12.2. The molecule has 1 unspecified atom stereocenters. The first-order valence-electron chi connectivity index (χ1n) is 7.28. The number of anilines is 1. The molecule has 3 N–H and O–H groups in total. The molecule has 2 aromatic rings. The van der Waals surface area contributed by atoms with Crippen molar-refractivity contribution in [2.45, 2.75) is 26.3 Å². The number of carbonyl (C=O) groups is 1. The van der Waals surface area contributed by atoms with E-state index in [0.717, 1.165) is 16.8 Å². The number of hydrogen-bond donors (Lipinski definition) is 2. The molecule has 0 aromatic heterocycles. The van der Waals surface area contributed by atoms with Crippen molar-refractivity contribution >= 4 is 11.6 Å². The van der Waals surface area contributed by atoms with E-state index < -0.39 is 6.04 Å². The first kappa shape index (κ1) is 15.3. The summed E-state index contributed by atoms with van der Waals surface area (Å²) in [5, 5.41) is 2.86. The zero-order valence-electron chi connectivity index (χ0n) is 12.5. The van der Waals surface area contributed by atoms with Crippen LogP contribution in [-0.4, -0.2) is 11.9 Å². The fourth-order valence-electron chi connectivity index (χ4n) is 2.23. The monoisotopic (exact) mass is 282 g/mol. The highest BCUT2D eigenvalue weighted by Crippen LogP contribution is 2.21. The largest absolute Gasteiger partial charge is 0.325 e. The summed E-state index contributed by atoms with van der Waals surface area (Å²) >= 11 is 0. The fraction of sp³-hybridized carbons (Fsp3) is 0.278. The Kier molecular flexibility index (Phi) is 5.12. The van der Waals surface area contributed by atoms with E-state index in [4.69, 9.17) is 5.73 Å². The molecule has 0 aliphatic carbocycles. The molecule has 0 heterocycles. The van der Waals surface area contributed by atoms with Gasteiger partial charge in [0.1, 0.15) is 0 Å².